The van der Waals surface area contributed by atoms with Crippen LogP contribution in [-0.4, -0.2) is 11.2 Å². The molecule has 0 fully saturated rings. The van der Waals surface area contributed by atoms with Crippen LogP contribution in [0.2, 0.25) is 0 Å². The Morgan fingerprint density at radius 3 is 1.62 bits per heavy atom. The average Bonchev–Trinajstić information content (AvgIpc) is 2.54. The summed E-state index contributed by atoms with van der Waals surface area (Å²) in [5.41, 5.74) is 3.68. The molecule has 1 N–H and O–H groups in total. The van der Waals surface area contributed by atoms with E-state index in [2.05, 4.69) is 70.7 Å². The molecule has 0 aromatic heterocycles. The molecule has 0 atom stereocenters. The van der Waals surface area contributed by atoms with E-state index in [1.165, 1.54) is 11.1 Å². The van der Waals surface area contributed by atoms with Crippen LogP contribution < -0.4 is 0 Å². The Kier molecular flexibility index (Phi) is 6.73. The summed E-state index contributed by atoms with van der Waals surface area (Å²) in [6.07, 6.45) is 0. The fraction of sp³-hybridized carbons (Fsp3) is 0.381. The first-order chi connectivity index (χ1) is 11.1. The van der Waals surface area contributed by atoms with Crippen molar-refractivity contribution < 1.29 is 14.9 Å². The highest BCUT2D eigenvalue weighted by atomic mass is 17.1. The van der Waals surface area contributed by atoms with Crippen LogP contribution in [0.3, 0.4) is 0 Å². The van der Waals surface area contributed by atoms with E-state index >= 15 is 0 Å². The molecule has 2 aromatic rings. The molecule has 0 amide bonds. The summed E-state index contributed by atoms with van der Waals surface area (Å²) in [7, 11) is 0. The average molecular weight is 328 g/mol. The summed E-state index contributed by atoms with van der Waals surface area (Å²) in [5.74, 6) is -0.736. The summed E-state index contributed by atoms with van der Waals surface area (Å²) in [6.45, 7) is 13.6. The monoisotopic (exact) mass is 328 g/mol. The molecule has 0 heterocycles. The first kappa shape index (κ1) is 19.9. The van der Waals surface area contributed by atoms with Gasteiger partial charge in [-0.3, -0.25) is 4.89 Å². The lowest BCUT2D eigenvalue weighted by Crippen LogP contribution is -2.15. The predicted octanol–water partition coefficient (Wildman–Crippen LogP) is 5.60. The van der Waals surface area contributed by atoms with Crippen molar-refractivity contribution in [2.45, 2.75) is 52.4 Å². The Bertz CT molecular complexity index is 618. The summed E-state index contributed by atoms with van der Waals surface area (Å²) in [5, 5.41) is 7.94. The molecule has 0 aliphatic carbocycles. The molecule has 0 radical (unpaired) electrons. The summed E-state index contributed by atoms with van der Waals surface area (Å²) in [4.78, 5) is 14.0. The van der Waals surface area contributed by atoms with Crippen molar-refractivity contribution in [3.8, 4) is 0 Å². The normalized spacial score (nSPS) is 11.3. The van der Waals surface area contributed by atoms with E-state index in [4.69, 9.17) is 5.26 Å². The van der Waals surface area contributed by atoms with Crippen LogP contribution in [0.15, 0.2) is 54.6 Å². The first-order valence-electron chi connectivity index (χ1n) is 8.07. The Morgan fingerprint density at radius 2 is 1.25 bits per heavy atom. The van der Waals surface area contributed by atoms with Crippen LogP contribution in [0.1, 0.15) is 63.0 Å². The largest absolute Gasteiger partial charge is 0.372 e. The highest BCUT2D eigenvalue weighted by Gasteiger charge is 2.18. The zero-order valence-corrected chi connectivity index (χ0v) is 15.5. The van der Waals surface area contributed by atoms with Gasteiger partial charge >= 0.3 is 5.97 Å². The highest BCUT2D eigenvalue weighted by Crippen LogP contribution is 2.28. The minimum atomic E-state index is -0.736. The fourth-order valence-electron chi connectivity index (χ4n) is 2.08. The third kappa shape index (κ3) is 6.17. The van der Waals surface area contributed by atoms with Gasteiger partial charge in [-0.05, 0) is 34.1 Å². The number of hydrogen-bond acceptors (Lipinski definition) is 3. The molecule has 0 spiro atoms. The van der Waals surface area contributed by atoms with E-state index in [-0.39, 0.29) is 10.8 Å². The smallest absolute Gasteiger partial charge is 0.296 e. The lowest BCUT2D eigenvalue weighted by Gasteiger charge is -2.24. The molecule has 24 heavy (non-hydrogen) atoms. The maximum atomic E-state index is 10.5. The van der Waals surface area contributed by atoms with E-state index < -0.39 is 5.97 Å². The molecular weight excluding hydrogens is 300 g/mol. The van der Waals surface area contributed by atoms with Crippen LogP contribution >= 0.6 is 0 Å². The minimum Gasteiger partial charge on any atom is -0.296 e. The van der Waals surface area contributed by atoms with Crippen molar-refractivity contribution in [2.24, 2.45) is 0 Å². The van der Waals surface area contributed by atoms with Crippen LogP contribution in [-0.2, 0) is 15.7 Å². The maximum Gasteiger partial charge on any atom is 0.372 e. The Hall–Kier alpha value is -2.13. The van der Waals surface area contributed by atoms with E-state index in [0.29, 0.717) is 5.56 Å². The summed E-state index contributed by atoms with van der Waals surface area (Å²) < 4.78 is 0. The third-order valence-corrected chi connectivity index (χ3v) is 3.69. The van der Waals surface area contributed by atoms with Gasteiger partial charge in [-0.25, -0.2) is 4.79 Å². The minimum absolute atomic E-state index is 0.251. The van der Waals surface area contributed by atoms with Crippen LogP contribution in [0.5, 0.6) is 0 Å². The Balaban J connectivity index is 0.000000254. The van der Waals surface area contributed by atoms with Crippen molar-refractivity contribution in [3.63, 3.8) is 0 Å². The zero-order chi connectivity index (χ0) is 18.4. The molecule has 0 aliphatic heterocycles. The zero-order valence-electron chi connectivity index (χ0n) is 15.5. The molecule has 3 heteroatoms. The number of hydrogen-bond donors (Lipinski definition) is 1. The van der Waals surface area contributed by atoms with Gasteiger partial charge in [0, 0.05) is 0 Å². The quantitative estimate of drug-likeness (QED) is 0.547. The van der Waals surface area contributed by atoms with Crippen molar-refractivity contribution in [1.82, 2.24) is 0 Å². The van der Waals surface area contributed by atoms with Crippen LogP contribution in [0.25, 0.3) is 0 Å². The Labute approximate surface area is 145 Å². The number of carbonyl (C=O) groups is 1. The maximum absolute atomic E-state index is 10.5. The molecule has 2 rings (SSSR count). The number of rotatable bonds is 1. The lowest BCUT2D eigenvalue weighted by molar-refractivity contribution is -0.182. The summed E-state index contributed by atoms with van der Waals surface area (Å²) in [6, 6.07) is 17.2. The van der Waals surface area contributed by atoms with Crippen molar-refractivity contribution in [3.05, 3.63) is 71.3 Å². The van der Waals surface area contributed by atoms with Gasteiger partial charge in [0.2, 0.25) is 0 Å². The van der Waals surface area contributed by atoms with Gasteiger partial charge < -0.3 is 0 Å². The van der Waals surface area contributed by atoms with Gasteiger partial charge in [0.05, 0.1) is 5.56 Å². The second-order valence-electron chi connectivity index (χ2n) is 7.83. The van der Waals surface area contributed by atoms with E-state index in [1.807, 2.05) is 0 Å². The van der Waals surface area contributed by atoms with Gasteiger partial charge in [-0.1, -0.05) is 84.0 Å². The molecule has 0 saturated heterocycles. The lowest BCUT2D eigenvalue weighted by atomic mass is 9.81. The van der Waals surface area contributed by atoms with Crippen LogP contribution in [0, 0.1) is 0 Å². The molecule has 0 aliphatic rings. The first-order valence-corrected chi connectivity index (χ1v) is 8.07. The van der Waals surface area contributed by atoms with Crippen molar-refractivity contribution in [2.75, 3.05) is 0 Å². The third-order valence-electron chi connectivity index (χ3n) is 3.69. The van der Waals surface area contributed by atoms with Gasteiger partial charge in [0.1, 0.15) is 0 Å². The van der Waals surface area contributed by atoms with Crippen molar-refractivity contribution in [1.29, 1.82) is 0 Å². The van der Waals surface area contributed by atoms with Gasteiger partial charge in [-0.2, -0.15) is 5.26 Å². The molecule has 0 bridgehead atoms. The molecular formula is C21H28O3. The molecule has 130 valence electrons. The standard InChI is InChI=1S/C14H22.C7H6O3/c1-13(2,3)11-8-7-9-12(10-11)14(4,5)6;8-7(10-9)6-4-2-1-3-5-6/h7-10H,1-6H3;1-5,9H. The second-order valence-corrected chi connectivity index (χ2v) is 7.83. The van der Waals surface area contributed by atoms with E-state index in [0.717, 1.165) is 0 Å². The SMILES string of the molecule is CC(C)(C)c1cccc(C(C)(C)C)c1.O=C(OO)c1ccccc1. The topological polar surface area (TPSA) is 46.5 Å². The highest BCUT2D eigenvalue weighted by molar-refractivity contribution is 5.88. The van der Waals surface area contributed by atoms with E-state index in [1.54, 1.807) is 30.3 Å². The second kappa shape index (κ2) is 8.11. The number of benzene rings is 2. The predicted molar refractivity (Wildman–Crippen MR) is 98.3 cm³/mol. The van der Waals surface area contributed by atoms with Crippen molar-refractivity contribution >= 4 is 5.97 Å². The van der Waals surface area contributed by atoms with Gasteiger partial charge in [0.25, 0.3) is 0 Å². The summed E-state index contributed by atoms with van der Waals surface area (Å²) >= 11 is 0. The molecule has 3 nitrogen and oxygen atoms in total. The van der Waals surface area contributed by atoms with E-state index in [9.17, 15) is 4.79 Å². The van der Waals surface area contributed by atoms with Gasteiger partial charge in [-0.15, -0.1) is 0 Å². The van der Waals surface area contributed by atoms with Gasteiger partial charge in [0.15, 0.2) is 0 Å². The molecule has 0 saturated carbocycles. The van der Waals surface area contributed by atoms with Crippen LogP contribution in [0.4, 0.5) is 0 Å². The fourth-order valence-corrected chi connectivity index (χ4v) is 2.08. The number of carbonyl (C=O) groups excluding carboxylic acids is 1. The molecule has 0 unspecified atom stereocenters. The molecule has 2 aromatic carbocycles. The Morgan fingerprint density at radius 1 is 0.792 bits per heavy atom.